The van der Waals surface area contributed by atoms with Crippen LogP contribution in [0.25, 0.3) is 0 Å². The van der Waals surface area contributed by atoms with Crippen molar-refractivity contribution in [3.05, 3.63) is 71.8 Å². The predicted molar refractivity (Wildman–Crippen MR) is 89.5 cm³/mol. The Bertz CT molecular complexity index is 514. The van der Waals surface area contributed by atoms with E-state index in [2.05, 4.69) is 62.4 Å². The van der Waals surface area contributed by atoms with Gasteiger partial charge in [0, 0.05) is 5.41 Å². The first-order valence-corrected chi connectivity index (χ1v) is 8.00. The van der Waals surface area contributed by atoms with Gasteiger partial charge in [0.05, 0.1) is 6.10 Å². The minimum atomic E-state index is -0.310. The van der Waals surface area contributed by atoms with Crippen molar-refractivity contribution in [2.24, 2.45) is 0 Å². The SMILES string of the molecule is CCC(CC)(c1ccccc1)C(O)CCc1ccccc1. The van der Waals surface area contributed by atoms with E-state index in [0.29, 0.717) is 0 Å². The second kappa shape index (κ2) is 7.42. The van der Waals surface area contributed by atoms with Gasteiger partial charge in [-0.3, -0.25) is 0 Å². The number of benzene rings is 2. The summed E-state index contributed by atoms with van der Waals surface area (Å²) < 4.78 is 0. The van der Waals surface area contributed by atoms with Gasteiger partial charge < -0.3 is 5.11 Å². The van der Waals surface area contributed by atoms with Crippen LogP contribution in [0.3, 0.4) is 0 Å². The molecule has 2 aromatic carbocycles. The standard InChI is InChI=1S/C20H26O/c1-3-20(4-2,18-13-9-6-10-14-18)19(21)16-15-17-11-7-5-8-12-17/h5-14,19,21H,3-4,15-16H2,1-2H3. The second-order valence-electron chi connectivity index (χ2n) is 5.77. The molecular weight excluding hydrogens is 256 g/mol. The summed E-state index contributed by atoms with van der Waals surface area (Å²) in [4.78, 5) is 0. The van der Waals surface area contributed by atoms with Crippen LogP contribution in [-0.4, -0.2) is 11.2 Å². The Morgan fingerprint density at radius 3 is 1.90 bits per heavy atom. The largest absolute Gasteiger partial charge is 0.392 e. The Hall–Kier alpha value is -1.60. The molecule has 0 aliphatic rings. The topological polar surface area (TPSA) is 20.2 Å². The molecule has 2 aromatic rings. The van der Waals surface area contributed by atoms with Crippen LogP contribution in [0, 0.1) is 0 Å². The summed E-state index contributed by atoms with van der Waals surface area (Å²) in [6.45, 7) is 4.37. The third kappa shape index (κ3) is 3.54. The molecule has 0 spiro atoms. The van der Waals surface area contributed by atoms with Gasteiger partial charge in [-0.25, -0.2) is 0 Å². The molecule has 0 amide bonds. The van der Waals surface area contributed by atoms with Gasteiger partial charge in [-0.2, -0.15) is 0 Å². The van der Waals surface area contributed by atoms with Gasteiger partial charge >= 0.3 is 0 Å². The summed E-state index contributed by atoms with van der Waals surface area (Å²) in [5.41, 5.74) is 2.43. The third-order valence-electron chi connectivity index (χ3n) is 4.80. The van der Waals surface area contributed by atoms with Gasteiger partial charge in [-0.15, -0.1) is 0 Å². The highest BCUT2D eigenvalue weighted by molar-refractivity contribution is 5.27. The Labute approximate surface area is 128 Å². The van der Waals surface area contributed by atoms with Gasteiger partial charge in [0.2, 0.25) is 0 Å². The average molecular weight is 282 g/mol. The fourth-order valence-corrected chi connectivity index (χ4v) is 3.32. The first-order valence-electron chi connectivity index (χ1n) is 8.00. The number of hydrogen-bond donors (Lipinski definition) is 1. The van der Waals surface area contributed by atoms with Crippen LogP contribution in [0.5, 0.6) is 0 Å². The maximum absolute atomic E-state index is 10.9. The van der Waals surface area contributed by atoms with E-state index in [4.69, 9.17) is 0 Å². The normalized spacial score (nSPS) is 13.1. The van der Waals surface area contributed by atoms with Crippen LogP contribution in [0.4, 0.5) is 0 Å². The minimum Gasteiger partial charge on any atom is -0.392 e. The van der Waals surface area contributed by atoms with E-state index >= 15 is 0 Å². The maximum atomic E-state index is 10.9. The van der Waals surface area contributed by atoms with Crippen molar-refractivity contribution in [1.29, 1.82) is 0 Å². The van der Waals surface area contributed by atoms with Gasteiger partial charge in [0.15, 0.2) is 0 Å². The van der Waals surface area contributed by atoms with E-state index in [-0.39, 0.29) is 11.5 Å². The summed E-state index contributed by atoms with van der Waals surface area (Å²) in [6, 6.07) is 20.9. The quantitative estimate of drug-likeness (QED) is 0.778. The zero-order chi connectivity index (χ0) is 15.1. The lowest BCUT2D eigenvalue weighted by atomic mass is 9.70. The fourth-order valence-electron chi connectivity index (χ4n) is 3.32. The summed E-state index contributed by atoms with van der Waals surface area (Å²) >= 11 is 0. The molecule has 1 atom stereocenters. The number of aryl methyl sites for hydroxylation is 1. The first kappa shape index (κ1) is 15.8. The second-order valence-corrected chi connectivity index (χ2v) is 5.77. The fraction of sp³-hybridized carbons (Fsp3) is 0.400. The zero-order valence-electron chi connectivity index (χ0n) is 13.1. The molecule has 0 radical (unpaired) electrons. The van der Waals surface area contributed by atoms with Crippen LogP contribution in [0.15, 0.2) is 60.7 Å². The van der Waals surface area contributed by atoms with E-state index in [9.17, 15) is 5.11 Å². The van der Waals surface area contributed by atoms with Crippen molar-refractivity contribution in [2.45, 2.75) is 51.0 Å². The monoisotopic (exact) mass is 282 g/mol. The highest BCUT2D eigenvalue weighted by Crippen LogP contribution is 2.37. The van der Waals surface area contributed by atoms with Crippen molar-refractivity contribution in [3.8, 4) is 0 Å². The van der Waals surface area contributed by atoms with Crippen LogP contribution < -0.4 is 0 Å². The molecule has 1 unspecified atom stereocenters. The summed E-state index contributed by atoms with van der Waals surface area (Å²) in [5, 5.41) is 10.9. The van der Waals surface area contributed by atoms with Gasteiger partial charge in [-0.1, -0.05) is 74.5 Å². The molecule has 0 aliphatic heterocycles. The molecule has 0 heterocycles. The number of aliphatic hydroxyl groups excluding tert-OH is 1. The summed E-state index contributed by atoms with van der Waals surface area (Å²) in [6.07, 6.45) is 3.35. The van der Waals surface area contributed by atoms with Crippen LogP contribution in [0.2, 0.25) is 0 Å². The molecule has 0 aromatic heterocycles. The van der Waals surface area contributed by atoms with E-state index in [1.807, 2.05) is 12.1 Å². The highest BCUT2D eigenvalue weighted by atomic mass is 16.3. The first-order chi connectivity index (χ1) is 10.2. The Kier molecular flexibility index (Phi) is 5.58. The van der Waals surface area contributed by atoms with Crippen molar-refractivity contribution in [2.75, 3.05) is 0 Å². The summed E-state index contributed by atoms with van der Waals surface area (Å²) in [7, 11) is 0. The number of aliphatic hydroxyl groups is 1. The van der Waals surface area contributed by atoms with Gasteiger partial charge in [-0.05, 0) is 36.8 Å². The Morgan fingerprint density at radius 1 is 0.857 bits per heavy atom. The van der Waals surface area contributed by atoms with E-state index in [1.54, 1.807) is 0 Å². The Morgan fingerprint density at radius 2 is 1.38 bits per heavy atom. The molecule has 0 saturated heterocycles. The molecule has 0 fully saturated rings. The van der Waals surface area contributed by atoms with Gasteiger partial charge in [0.25, 0.3) is 0 Å². The highest BCUT2D eigenvalue weighted by Gasteiger charge is 2.35. The maximum Gasteiger partial charge on any atom is 0.0639 e. The van der Waals surface area contributed by atoms with Crippen molar-refractivity contribution in [1.82, 2.24) is 0 Å². The molecule has 21 heavy (non-hydrogen) atoms. The molecule has 1 nitrogen and oxygen atoms in total. The lowest BCUT2D eigenvalue weighted by molar-refractivity contribution is 0.0658. The number of hydrogen-bond acceptors (Lipinski definition) is 1. The lowest BCUT2D eigenvalue weighted by Crippen LogP contribution is -2.39. The lowest BCUT2D eigenvalue weighted by Gasteiger charge is -2.37. The van der Waals surface area contributed by atoms with Crippen molar-refractivity contribution in [3.63, 3.8) is 0 Å². The van der Waals surface area contributed by atoms with Gasteiger partial charge in [0.1, 0.15) is 0 Å². The molecule has 1 N–H and O–H groups in total. The zero-order valence-corrected chi connectivity index (χ0v) is 13.1. The van der Waals surface area contributed by atoms with Crippen molar-refractivity contribution >= 4 is 0 Å². The summed E-state index contributed by atoms with van der Waals surface area (Å²) in [5.74, 6) is 0. The predicted octanol–water partition coefficient (Wildman–Crippen LogP) is 4.74. The average Bonchev–Trinajstić information content (AvgIpc) is 2.56. The molecule has 0 bridgehead atoms. The van der Waals surface area contributed by atoms with E-state index < -0.39 is 0 Å². The Balaban J connectivity index is 2.14. The minimum absolute atomic E-state index is 0.129. The smallest absolute Gasteiger partial charge is 0.0639 e. The molecule has 0 saturated carbocycles. The molecule has 1 heteroatoms. The van der Waals surface area contributed by atoms with Crippen molar-refractivity contribution < 1.29 is 5.11 Å². The van der Waals surface area contributed by atoms with Crippen LogP contribution >= 0.6 is 0 Å². The van der Waals surface area contributed by atoms with E-state index in [0.717, 1.165) is 25.7 Å². The molecule has 2 rings (SSSR count). The number of rotatable bonds is 7. The van der Waals surface area contributed by atoms with Crippen LogP contribution in [-0.2, 0) is 11.8 Å². The van der Waals surface area contributed by atoms with E-state index in [1.165, 1.54) is 11.1 Å². The van der Waals surface area contributed by atoms with Crippen LogP contribution in [0.1, 0.15) is 44.2 Å². The molecule has 112 valence electrons. The molecular formula is C20H26O. The molecule has 0 aliphatic carbocycles. The third-order valence-corrected chi connectivity index (χ3v) is 4.80.